The maximum atomic E-state index is 14.7. The number of rotatable bonds is 5. The Morgan fingerprint density at radius 3 is 2.10 bits per heavy atom. The van der Waals surface area contributed by atoms with Crippen molar-refractivity contribution in [2.75, 3.05) is 19.8 Å². The second-order valence-electron chi connectivity index (χ2n) is 8.22. The van der Waals surface area contributed by atoms with Crippen molar-refractivity contribution >= 4 is 0 Å². The molecule has 2 aromatic carbocycles. The van der Waals surface area contributed by atoms with Crippen LogP contribution in [-0.4, -0.2) is 32.2 Å². The van der Waals surface area contributed by atoms with Crippen LogP contribution in [-0.2, 0) is 14.2 Å². The van der Waals surface area contributed by atoms with Crippen LogP contribution in [0.5, 0.6) is 0 Å². The summed E-state index contributed by atoms with van der Waals surface area (Å²) in [5.74, 6) is -4.31. The third kappa shape index (κ3) is 4.94. The van der Waals surface area contributed by atoms with Gasteiger partial charge in [0.1, 0.15) is 11.9 Å². The summed E-state index contributed by atoms with van der Waals surface area (Å²) < 4.78 is 72.1. The highest BCUT2D eigenvalue weighted by molar-refractivity contribution is 5.65. The first-order valence-corrected chi connectivity index (χ1v) is 10.8. The average molecular weight is 438 g/mol. The number of hydrogen-bond donors (Lipinski definition) is 0. The minimum absolute atomic E-state index is 0.0119. The zero-order valence-electron chi connectivity index (χ0n) is 17.4. The van der Waals surface area contributed by atoms with Gasteiger partial charge in [-0.15, -0.1) is 0 Å². The Bertz CT molecular complexity index is 881. The van der Waals surface area contributed by atoms with Crippen molar-refractivity contribution in [3.05, 3.63) is 59.2 Å². The summed E-state index contributed by atoms with van der Waals surface area (Å²) in [4.78, 5) is 0. The predicted molar refractivity (Wildman–Crippen MR) is 108 cm³/mol. The molecule has 0 bridgehead atoms. The molecule has 0 atom stereocenters. The van der Waals surface area contributed by atoms with Gasteiger partial charge in [0.15, 0.2) is 23.7 Å². The molecule has 0 amide bonds. The van der Waals surface area contributed by atoms with E-state index in [1.54, 1.807) is 6.07 Å². The van der Waals surface area contributed by atoms with Crippen molar-refractivity contribution in [1.82, 2.24) is 0 Å². The maximum absolute atomic E-state index is 14.7. The van der Waals surface area contributed by atoms with Gasteiger partial charge < -0.3 is 14.2 Å². The first-order chi connectivity index (χ1) is 15.0. The molecule has 2 aliphatic rings. The van der Waals surface area contributed by atoms with Gasteiger partial charge in [0.05, 0.1) is 13.2 Å². The SMILES string of the molecule is CCOC1COC(C2CCC(c3ccc(-c4cc(F)c(F)c(F)c4)c(F)c3)CC2)OC1. The van der Waals surface area contributed by atoms with E-state index in [0.717, 1.165) is 43.4 Å². The third-order valence-corrected chi connectivity index (χ3v) is 6.21. The molecule has 168 valence electrons. The molecule has 0 radical (unpaired) electrons. The predicted octanol–water partition coefficient (Wildman–Crippen LogP) is 5.96. The standard InChI is InChI=1S/C24H26F4O3/c1-2-29-18-12-30-24(31-13-18)15-5-3-14(4-6-15)16-7-8-19(20(25)9-16)17-10-21(26)23(28)22(27)11-17/h7-11,14-15,18,24H,2-6,12-13H2,1H3. The van der Waals surface area contributed by atoms with Crippen LogP contribution >= 0.6 is 0 Å². The Balaban J connectivity index is 1.38. The Morgan fingerprint density at radius 2 is 1.52 bits per heavy atom. The van der Waals surface area contributed by atoms with Crippen LogP contribution in [0.15, 0.2) is 30.3 Å². The summed E-state index contributed by atoms with van der Waals surface area (Å²) in [6.07, 6.45) is 3.34. The molecule has 1 heterocycles. The van der Waals surface area contributed by atoms with E-state index >= 15 is 0 Å². The summed E-state index contributed by atoms with van der Waals surface area (Å²) in [6, 6.07) is 6.32. The Kier molecular flexibility index (Phi) is 6.94. The molecule has 2 fully saturated rings. The highest BCUT2D eigenvalue weighted by Gasteiger charge is 2.33. The largest absolute Gasteiger partial charge is 0.374 e. The molecule has 1 saturated carbocycles. The van der Waals surface area contributed by atoms with Gasteiger partial charge in [0.2, 0.25) is 0 Å². The van der Waals surface area contributed by atoms with Crippen LogP contribution in [0.4, 0.5) is 17.6 Å². The van der Waals surface area contributed by atoms with Crippen molar-refractivity contribution in [2.45, 2.75) is 50.9 Å². The topological polar surface area (TPSA) is 27.7 Å². The van der Waals surface area contributed by atoms with E-state index in [1.807, 2.05) is 6.92 Å². The molecular formula is C24H26F4O3. The zero-order valence-corrected chi connectivity index (χ0v) is 17.4. The smallest absolute Gasteiger partial charge is 0.194 e. The highest BCUT2D eigenvalue weighted by atomic mass is 19.2. The van der Waals surface area contributed by atoms with Gasteiger partial charge in [-0.2, -0.15) is 0 Å². The summed E-state index contributed by atoms with van der Waals surface area (Å²) in [5.41, 5.74) is 0.869. The van der Waals surface area contributed by atoms with Gasteiger partial charge in [-0.1, -0.05) is 12.1 Å². The fourth-order valence-corrected chi connectivity index (χ4v) is 4.56. The molecular weight excluding hydrogens is 412 g/mol. The number of halogens is 4. The fourth-order valence-electron chi connectivity index (χ4n) is 4.56. The van der Waals surface area contributed by atoms with Crippen LogP contribution < -0.4 is 0 Å². The lowest BCUT2D eigenvalue weighted by Crippen LogP contribution is -2.41. The molecule has 7 heteroatoms. The highest BCUT2D eigenvalue weighted by Crippen LogP contribution is 2.39. The average Bonchev–Trinajstić information content (AvgIpc) is 2.78. The number of benzene rings is 2. The van der Waals surface area contributed by atoms with Crippen LogP contribution in [0.25, 0.3) is 11.1 Å². The second kappa shape index (κ2) is 9.67. The van der Waals surface area contributed by atoms with Crippen molar-refractivity contribution in [3.8, 4) is 11.1 Å². The Labute approximate surface area is 179 Å². The van der Waals surface area contributed by atoms with Crippen molar-refractivity contribution in [1.29, 1.82) is 0 Å². The van der Waals surface area contributed by atoms with E-state index < -0.39 is 23.3 Å². The molecule has 0 aromatic heterocycles. The quantitative estimate of drug-likeness (QED) is 0.426. The van der Waals surface area contributed by atoms with E-state index in [2.05, 4.69) is 0 Å². The maximum Gasteiger partial charge on any atom is 0.194 e. The van der Waals surface area contributed by atoms with Gasteiger partial charge >= 0.3 is 0 Å². The minimum Gasteiger partial charge on any atom is -0.374 e. The van der Waals surface area contributed by atoms with E-state index in [4.69, 9.17) is 14.2 Å². The number of hydrogen-bond acceptors (Lipinski definition) is 3. The lowest BCUT2D eigenvalue weighted by molar-refractivity contribution is -0.248. The third-order valence-electron chi connectivity index (χ3n) is 6.21. The zero-order chi connectivity index (χ0) is 22.0. The van der Waals surface area contributed by atoms with E-state index in [1.165, 1.54) is 12.1 Å². The molecule has 1 aliphatic carbocycles. The van der Waals surface area contributed by atoms with Crippen LogP contribution in [0.2, 0.25) is 0 Å². The summed E-state index contributed by atoms with van der Waals surface area (Å²) in [7, 11) is 0. The second-order valence-corrected chi connectivity index (χ2v) is 8.22. The molecule has 0 spiro atoms. The normalized spacial score (nSPS) is 26.7. The number of ether oxygens (including phenoxy) is 3. The van der Waals surface area contributed by atoms with Crippen LogP contribution in [0.3, 0.4) is 0 Å². The van der Waals surface area contributed by atoms with Gasteiger partial charge in [-0.3, -0.25) is 0 Å². The van der Waals surface area contributed by atoms with Gasteiger partial charge in [0.25, 0.3) is 0 Å². The lowest BCUT2D eigenvalue weighted by atomic mass is 9.78. The first kappa shape index (κ1) is 22.2. The van der Waals surface area contributed by atoms with Crippen molar-refractivity contribution in [3.63, 3.8) is 0 Å². The molecule has 0 unspecified atom stereocenters. The van der Waals surface area contributed by atoms with Crippen molar-refractivity contribution < 1.29 is 31.8 Å². The summed E-state index contributed by atoms with van der Waals surface area (Å²) in [5, 5.41) is 0. The molecule has 1 aliphatic heterocycles. The molecule has 2 aromatic rings. The molecule has 4 rings (SSSR count). The van der Waals surface area contributed by atoms with Gasteiger partial charge in [0, 0.05) is 18.1 Å². The molecule has 0 N–H and O–H groups in total. The van der Waals surface area contributed by atoms with E-state index in [-0.39, 0.29) is 29.4 Å². The Morgan fingerprint density at radius 1 is 0.871 bits per heavy atom. The first-order valence-electron chi connectivity index (χ1n) is 10.8. The van der Waals surface area contributed by atoms with Crippen LogP contribution in [0.1, 0.15) is 44.1 Å². The van der Waals surface area contributed by atoms with E-state index in [0.29, 0.717) is 25.7 Å². The molecule has 3 nitrogen and oxygen atoms in total. The van der Waals surface area contributed by atoms with Crippen molar-refractivity contribution in [2.24, 2.45) is 5.92 Å². The van der Waals surface area contributed by atoms with E-state index in [9.17, 15) is 17.6 Å². The van der Waals surface area contributed by atoms with Crippen LogP contribution in [0, 0.1) is 29.2 Å². The minimum atomic E-state index is -1.56. The molecule has 1 saturated heterocycles. The lowest BCUT2D eigenvalue weighted by Gasteiger charge is -2.37. The summed E-state index contributed by atoms with van der Waals surface area (Å²) in [6.45, 7) is 3.65. The monoisotopic (exact) mass is 438 g/mol. The van der Waals surface area contributed by atoms with Gasteiger partial charge in [-0.05, 0) is 67.9 Å². The molecule has 31 heavy (non-hydrogen) atoms. The van der Waals surface area contributed by atoms with Gasteiger partial charge in [-0.25, -0.2) is 17.6 Å². The summed E-state index contributed by atoms with van der Waals surface area (Å²) >= 11 is 0. The Hall–Kier alpha value is -1.96. The fraction of sp³-hybridized carbons (Fsp3) is 0.500.